The lowest BCUT2D eigenvalue weighted by atomic mass is 10.2. The molecule has 0 saturated heterocycles. The van der Waals surface area contributed by atoms with Gasteiger partial charge in [0.05, 0.1) is 11.0 Å². The quantitative estimate of drug-likeness (QED) is 0.836. The number of halogens is 3. The standard InChI is InChI=1S/C12H8BrF2NO/c13-9-2-1-5-16(12(9)17)7-8-3-4-10(14)11(15)6-8/h1-6H,7H2. The molecule has 1 aromatic carbocycles. The molecule has 2 rings (SSSR count). The zero-order chi connectivity index (χ0) is 12.4. The highest BCUT2D eigenvalue weighted by molar-refractivity contribution is 9.10. The fourth-order valence-corrected chi connectivity index (χ4v) is 1.85. The van der Waals surface area contributed by atoms with Gasteiger partial charge in [-0.05, 0) is 45.8 Å². The van der Waals surface area contributed by atoms with Crippen LogP contribution in [0.15, 0.2) is 45.8 Å². The fraction of sp³-hybridized carbons (Fsp3) is 0.0833. The average Bonchev–Trinajstić information content (AvgIpc) is 2.30. The Morgan fingerprint density at radius 1 is 1.18 bits per heavy atom. The van der Waals surface area contributed by atoms with Crippen LogP contribution in [0.25, 0.3) is 0 Å². The van der Waals surface area contributed by atoms with Crippen LogP contribution in [-0.4, -0.2) is 4.57 Å². The molecule has 17 heavy (non-hydrogen) atoms. The van der Waals surface area contributed by atoms with Gasteiger partial charge in [0, 0.05) is 6.20 Å². The Labute approximate surface area is 105 Å². The van der Waals surface area contributed by atoms with E-state index in [9.17, 15) is 13.6 Å². The molecular weight excluding hydrogens is 292 g/mol. The van der Waals surface area contributed by atoms with Gasteiger partial charge in [0.1, 0.15) is 0 Å². The molecular formula is C12H8BrF2NO. The van der Waals surface area contributed by atoms with Crippen molar-refractivity contribution in [3.63, 3.8) is 0 Å². The van der Waals surface area contributed by atoms with Crippen molar-refractivity contribution in [2.45, 2.75) is 6.54 Å². The third-order valence-corrected chi connectivity index (χ3v) is 2.91. The van der Waals surface area contributed by atoms with Crippen LogP contribution in [0.5, 0.6) is 0 Å². The molecule has 0 unspecified atom stereocenters. The van der Waals surface area contributed by atoms with Gasteiger partial charge in [-0.2, -0.15) is 0 Å². The summed E-state index contributed by atoms with van der Waals surface area (Å²) >= 11 is 3.12. The number of hydrogen-bond acceptors (Lipinski definition) is 1. The summed E-state index contributed by atoms with van der Waals surface area (Å²) in [6.07, 6.45) is 1.59. The fourth-order valence-electron chi connectivity index (χ4n) is 1.47. The summed E-state index contributed by atoms with van der Waals surface area (Å²) < 4.78 is 27.6. The first-order valence-electron chi connectivity index (χ1n) is 4.87. The van der Waals surface area contributed by atoms with Gasteiger partial charge in [0.2, 0.25) is 0 Å². The molecule has 0 aliphatic heterocycles. The van der Waals surface area contributed by atoms with Gasteiger partial charge in [-0.15, -0.1) is 0 Å². The second kappa shape index (κ2) is 4.79. The first-order valence-corrected chi connectivity index (χ1v) is 5.66. The van der Waals surface area contributed by atoms with Gasteiger partial charge in [0.25, 0.3) is 5.56 Å². The molecule has 0 aliphatic carbocycles. The third-order valence-electron chi connectivity index (χ3n) is 2.31. The lowest BCUT2D eigenvalue weighted by molar-refractivity contribution is 0.506. The maximum absolute atomic E-state index is 13.0. The van der Waals surface area contributed by atoms with E-state index in [0.29, 0.717) is 10.0 Å². The number of benzene rings is 1. The van der Waals surface area contributed by atoms with E-state index in [-0.39, 0.29) is 12.1 Å². The largest absolute Gasteiger partial charge is 0.310 e. The second-order valence-corrected chi connectivity index (χ2v) is 4.39. The van der Waals surface area contributed by atoms with Crippen molar-refractivity contribution in [3.05, 3.63) is 68.6 Å². The number of hydrogen-bond donors (Lipinski definition) is 0. The van der Waals surface area contributed by atoms with Crippen molar-refractivity contribution >= 4 is 15.9 Å². The SMILES string of the molecule is O=c1c(Br)cccn1Cc1ccc(F)c(F)c1. The summed E-state index contributed by atoms with van der Waals surface area (Å²) in [5.74, 6) is -1.80. The Morgan fingerprint density at radius 3 is 2.65 bits per heavy atom. The molecule has 0 fully saturated rings. The Kier molecular flexibility index (Phi) is 3.38. The Balaban J connectivity index is 2.35. The van der Waals surface area contributed by atoms with Crippen LogP contribution >= 0.6 is 15.9 Å². The van der Waals surface area contributed by atoms with Gasteiger partial charge in [-0.25, -0.2) is 8.78 Å². The van der Waals surface area contributed by atoms with Crippen molar-refractivity contribution in [3.8, 4) is 0 Å². The number of pyridine rings is 1. The summed E-state index contributed by atoms with van der Waals surface area (Å²) in [6.45, 7) is 0.204. The van der Waals surface area contributed by atoms with Crippen LogP contribution < -0.4 is 5.56 Å². The lowest BCUT2D eigenvalue weighted by Crippen LogP contribution is -2.20. The molecule has 0 atom stereocenters. The number of nitrogens with zero attached hydrogens (tertiary/aromatic N) is 1. The van der Waals surface area contributed by atoms with Gasteiger partial charge >= 0.3 is 0 Å². The topological polar surface area (TPSA) is 22.0 Å². The highest BCUT2D eigenvalue weighted by Crippen LogP contribution is 2.10. The van der Waals surface area contributed by atoms with Crippen LogP contribution in [-0.2, 0) is 6.54 Å². The zero-order valence-corrected chi connectivity index (χ0v) is 10.2. The van der Waals surface area contributed by atoms with Crippen molar-refractivity contribution in [1.82, 2.24) is 4.57 Å². The van der Waals surface area contributed by atoms with E-state index in [0.717, 1.165) is 12.1 Å². The van der Waals surface area contributed by atoms with Crippen LogP contribution in [0.3, 0.4) is 0 Å². The van der Waals surface area contributed by atoms with E-state index in [2.05, 4.69) is 15.9 Å². The van der Waals surface area contributed by atoms with Crippen LogP contribution in [0.2, 0.25) is 0 Å². The summed E-state index contributed by atoms with van der Waals surface area (Å²) in [5, 5.41) is 0. The van der Waals surface area contributed by atoms with Crippen molar-refractivity contribution in [2.24, 2.45) is 0 Å². The van der Waals surface area contributed by atoms with Crippen molar-refractivity contribution in [1.29, 1.82) is 0 Å². The van der Waals surface area contributed by atoms with E-state index in [1.165, 1.54) is 10.6 Å². The number of aromatic nitrogens is 1. The predicted molar refractivity (Wildman–Crippen MR) is 63.9 cm³/mol. The van der Waals surface area contributed by atoms with Crippen LogP contribution in [0.1, 0.15) is 5.56 Å². The molecule has 1 aromatic heterocycles. The highest BCUT2D eigenvalue weighted by atomic mass is 79.9. The molecule has 2 aromatic rings. The van der Waals surface area contributed by atoms with E-state index in [1.807, 2.05) is 0 Å². The molecule has 2 nitrogen and oxygen atoms in total. The first kappa shape index (κ1) is 12.0. The van der Waals surface area contributed by atoms with E-state index < -0.39 is 11.6 Å². The van der Waals surface area contributed by atoms with Crippen molar-refractivity contribution < 1.29 is 8.78 Å². The molecule has 1 heterocycles. The Hall–Kier alpha value is -1.49. The minimum atomic E-state index is -0.912. The molecule has 0 amide bonds. The van der Waals surface area contributed by atoms with E-state index in [4.69, 9.17) is 0 Å². The molecule has 5 heteroatoms. The van der Waals surface area contributed by atoms with Gasteiger partial charge in [-0.3, -0.25) is 4.79 Å². The molecule has 0 bridgehead atoms. The second-order valence-electron chi connectivity index (χ2n) is 3.54. The van der Waals surface area contributed by atoms with Gasteiger partial charge < -0.3 is 4.57 Å². The summed E-state index contributed by atoms with van der Waals surface area (Å²) in [7, 11) is 0. The monoisotopic (exact) mass is 299 g/mol. The zero-order valence-electron chi connectivity index (χ0n) is 8.66. The maximum Gasteiger partial charge on any atom is 0.265 e. The normalized spacial score (nSPS) is 10.5. The minimum absolute atomic E-state index is 0.204. The summed E-state index contributed by atoms with van der Waals surface area (Å²) in [6, 6.07) is 6.91. The van der Waals surface area contributed by atoms with Crippen LogP contribution in [0.4, 0.5) is 8.78 Å². The molecule has 88 valence electrons. The third kappa shape index (κ3) is 2.61. The Morgan fingerprint density at radius 2 is 1.94 bits per heavy atom. The molecule has 0 aliphatic rings. The van der Waals surface area contributed by atoms with Gasteiger partial charge in [-0.1, -0.05) is 6.07 Å². The molecule has 0 radical (unpaired) electrons. The van der Waals surface area contributed by atoms with E-state index in [1.54, 1.807) is 18.3 Å². The minimum Gasteiger partial charge on any atom is -0.310 e. The van der Waals surface area contributed by atoms with Crippen molar-refractivity contribution in [2.75, 3.05) is 0 Å². The summed E-state index contributed by atoms with van der Waals surface area (Å²) in [5.41, 5.74) is 0.321. The number of rotatable bonds is 2. The van der Waals surface area contributed by atoms with E-state index >= 15 is 0 Å². The summed E-state index contributed by atoms with van der Waals surface area (Å²) in [4.78, 5) is 11.7. The van der Waals surface area contributed by atoms with Gasteiger partial charge in [0.15, 0.2) is 11.6 Å². The maximum atomic E-state index is 13.0. The molecule has 0 N–H and O–H groups in total. The Bertz CT molecular complexity index is 610. The smallest absolute Gasteiger partial charge is 0.265 e. The molecule has 0 spiro atoms. The first-order chi connectivity index (χ1) is 8.08. The average molecular weight is 300 g/mol. The predicted octanol–water partition coefficient (Wildman–Crippen LogP) is 2.94. The molecule has 0 saturated carbocycles. The lowest BCUT2D eigenvalue weighted by Gasteiger charge is -2.06. The highest BCUT2D eigenvalue weighted by Gasteiger charge is 2.05. The van der Waals surface area contributed by atoms with Crippen LogP contribution in [0, 0.1) is 11.6 Å².